The van der Waals surface area contributed by atoms with E-state index in [2.05, 4.69) is 49.9 Å². The predicted molar refractivity (Wildman–Crippen MR) is 120 cm³/mol. The molecule has 0 fully saturated rings. The number of hydrogen-bond donors (Lipinski definition) is 1. The van der Waals surface area contributed by atoms with E-state index in [-0.39, 0.29) is 11.4 Å². The zero-order chi connectivity index (χ0) is 20.7. The van der Waals surface area contributed by atoms with Gasteiger partial charge in [-0.25, -0.2) is 0 Å². The number of aryl methyl sites for hydroxylation is 2. The Morgan fingerprint density at radius 2 is 2.00 bits per heavy atom. The molecule has 0 saturated carbocycles. The second-order valence-electron chi connectivity index (χ2n) is 7.68. The first kappa shape index (κ1) is 19.4. The van der Waals surface area contributed by atoms with Gasteiger partial charge < -0.3 is 4.57 Å². The maximum Gasteiger partial charge on any atom is 0.283 e. The number of carbonyl (C=O) groups is 1. The van der Waals surface area contributed by atoms with Gasteiger partial charge in [0.2, 0.25) is 5.17 Å². The number of thioether (sulfide) groups is 1. The monoisotopic (exact) mass is 405 g/mol. The number of nitrogens with one attached hydrogen (secondary N) is 1. The van der Waals surface area contributed by atoms with Gasteiger partial charge in [0.15, 0.2) is 5.84 Å². The first-order chi connectivity index (χ1) is 13.8. The van der Waals surface area contributed by atoms with Crippen LogP contribution < -0.4 is 0 Å². The van der Waals surface area contributed by atoms with Crippen molar-refractivity contribution in [3.63, 3.8) is 0 Å². The van der Waals surface area contributed by atoms with Crippen LogP contribution in [0.15, 0.2) is 52.2 Å². The molecule has 6 nitrogen and oxygen atoms in total. The van der Waals surface area contributed by atoms with Crippen molar-refractivity contribution in [2.45, 2.75) is 34.1 Å². The van der Waals surface area contributed by atoms with Gasteiger partial charge in [-0.2, -0.15) is 15.1 Å². The normalized spacial score (nSPS) is 17.8. The third-order valence-corrected chi connectivity index (χ3v) is 5.85. The molecule has 2 aliphatic heterocycles. The Kier molecular flexibility index (Phi) is 5.00. The number of aromatic nitrogens is 1. The Morgan fingerprint density at radius 1 is 1.21 bits per heavy atom. The summed E-state index contributed by atoms with van der Waals surface area (Å²) in [7, 11) is 0. The van der Waals surface area contributed by atoms with Gasteiger partial charge in [-0.3, -0.25) is 10.2 Å². The van der Waals surface area contributed by atoms with Crippen LogP contribution in [0.4, 0.5) is 0 Å². The second kappa shape index (κ2) is 7.48. The van der Waals surface area contributed by atoms with E-state index >= 15 is 0 Å². The van der Waals surface area contributed by atoms with Crippen LogP contribution >= 0.6 is 11.8 Å². The molecule has 2 aromatic rings. The maximum absolute atomic E-state index is 12.7. The average molecular weight is 406 g/mol. The standard InChI is InChI=1S/C22H23N5OS/c1-13(2)10-19-25-27-20(23)18(21(28)24-22(27)29-19)12-16-6-5-9-26(16)17-8-7-14(3)15(4)11-17/h5-9,11-13,23H,10H2,1-4H3/b18-12+,23-20?. The molecule has 7 heteroatoms. The SMILES string of the molecule is Cc1ccc(-n2cccc2/C=C2\C(=N)N3N=C(CC(C)C)SC3=NC2=O)cc1C. The van der Waals surface area contributed by atoms with Crippen molar-refractivity contribution >= 4 is 39.8 Å². The summed E-state index contributed by atoms with van der Waals surface area (Å²) in [4.78, 5) is 16.8. The molecule has 29 heavy (non-hydrogen) atoms. The van der Waals surface area contributed by atoms with E-state index in [1.807, 2.05) is 29.0 Å². The van der Waals surface area contributed by atoms with E-state index in [4.69, 9.17) is 5.41 Å². The summed E-state index contributed by atoms with van der Waals surface area (Å²) in [5.74, 6) is 0.117. The van der Waals surface area contributed by atoms with E-state index in [0.717, 1.165) is 22.8 Å². The third-order valence-electron chi connectivity index (χ3n) is 4.92. The van der Waals surface area contributed by atoms with E-state index < -0.39 is 5.91 Å². The lowest BCUT2D eigenvalue weighted by Crippen LogP contribution is -2.35. The number of rotatable bonds is 4. The lowest BCUT2D eigenvalue weighted by molar-refractivity contribution is -0.114. The summed E-state index contributed by atoms with van der Waals surface area (Å²) in [6, 6.07) is 10.1. The minimum atomic E-state index is -0.400. The number of benzene rings is 1. The maximum atomic E-state index is 12.7. The van der Waals surface area contributed by atoms with Gasteiger partial charge >= 0.3 is 0 Å². The van der Waals surface area contributed by atoms with Crippen molar-refractivity contribution < 1.29 is 4.79 Å². The molecule has 4 rings (SSSR count). The fraction of sp³-hybridized carbons (Fsp3) is 0.273. The van der Waals surface area contributed by atoms with E-state index in [9.17, 15) is 4.79 Å². The van der Waals surface area contributed by atoms with Crippen LogP contribution in [0.5, 0.6) is 0 Å². The quantitative estimate of drug-likeness (QED) is 0.745. The van der Waals surface area contributed by atoms with Crippen molar-refractivity contribution in [1.29, 1.82) is 5.41 Å². The molecule has 0 atom stereocenters. The second-order valence-corrected chi connectivity index (χ2v) is 8.72. The summed E-state index contributed by atoms with van der Waals surface area (Å²) < 4.78 is 2.01. The van der Waals surface area contributed by atoms with Crippen LogP contribution in [0, 0.1) is 25.2 Å². The number of hydrogen-bond acceptors (Lipinski definition) is 4. The van der Waals surface area contributed by atoms with Crippen LogP contribution in [0.25, 0.3) is 11.8 Å². The van der Waals surface area contributed by atoms with Crippen LogP contribution in [-0.4, -0.2) is 31.5 Å². The van der Waals surface area contributed by atoms with Crippen LogP contribution in [0.1, 0.15) is 37.1 Å². The van der Waals surface area contributed by atoms with Gasteiger partial charge in [0, 0.05) is 24.0 Å². The third kappa shape index (κ3) is 3.70. The molecule has 148 valence electrons. The molecule has 1 aromatic carbocycles. The number of nitrogens with zero attached hydrogens (tertiary/aromatic N) is 4. The first-order valence-electron chi connectivity index (χ1n) is 9.57. The molecule has 0 spiro atoms. The number of aliphatic imine (C=N–C) groups is 1. The molecular formula is C22H23N5OS. The van der Waals surface area contributed by atoms with Crippen molar-refractivity contribution in [3.05, 3.63) is 58.9 Å². The number of fused-ring (bicyclic) bond motifs is 1. The van der Waals surface area contributed by atoms with Gasteiger partial charge in [0.25, 0.3) is 5.91 Å². The molecule has 0 saturated heterocycles. The number of amidine groups is 2. The lowest BCUT2D eigenvalue weighted by atomic mass is 10.1. The zero-order valence-corrected chi connectivity index (χ0v) is 17.7. The highest BCUT2D eigenvalue weighted by molar-refractivity contribution is 8.26. The molecule has 0 radical (unpaired) electrons. The fourth-order valence-electron chi connectivity index (χ4n) is 3.23. The fourth-order valence-corrected chi connectivity index (χ4v) is 4.33. The minimum Gasteiger partial charge on any atom is -0.317 e. The summed E-state index contributed by atoms with van der Waals surface area (Å²) in [6.45, 7) is 8.39. The van der Waals surface area contributed by atoms with Crippen molar-refractivity contribution in [3.8, 4) is 5.69 Å². The Hall–Kier alpha value is -2.93. The molecule has 2 aliphatic rings. The summed E-state index contributed by atoms with van der Waals surface area (Å²) in [5, 5.41) is 15.9. The largest absolute Gasteiger partial charge is 0.317 e. The number of carbonyl (C=O) groups excluding carboxylic acids is 1. The Labute approximate surface area is 174 Å². The van der Waals surface area contributed by atoms with E-state index in [1.165, 1.54) is 27.9 Å². The molecular weight excluding hydrogens is 382 g/mol. The first-order valence-corrected chi connectivity index (χ1v) is 10.4. The van der Waals surface area contributed by atoms with Crippen LogP contribution in [0.3, 0.4) is 0 Å². The Morgan fingerprint density at radius 3 is 2.72 bits per heavy atom. The highest BCUT2D eigenvalue weighted by atomic mass is 32.2. The van der Waals surface area contributed by atoms with Crippen molar-refractivity contribution in [2.24, 2.45) is 16.0 Å². The number of hydrazone groups is 1. The molecule has 0 aliphatic carbocycles. The molecule has 1 aromatic heterocycles. The van der Waals surface area contributed by atoms with Crippen LogP contribution in [0.2, 0.25) is 0 Å². The minimum absolute atomic E-state index is 0.0686. The summed E-state index contributed by atoms with van der Waals surface area (Å²) >= 11 is 1.38. The Balaban J connectivity index is 1.69. The zero-order valence-electron chi connectivity index (χ0n) is 16.9. The predicted octanol–water partition coefficient (Wildman–Crippen LogP) is 4.76. The van der Waals surface area contributed by atoms with Crippen molar-refractivity contribution in [2.75, 3.05) is 0 Å². The summed E-state index contributed by atoms with van der Waals surface area (Å²) in [6.07, 6.45) is 4.48. The smallest absolute Gasteiger partial charge is 0.283 e. The lowest BCUT2D eigenvalue weighted by Gasteiger charge is -2.20. The Bertz CT molecular complexity index is 1110. The van der Waals surface area contributed by atoms with Gasteiger partial charge in [-0.1, -0.05) is 19.9 Å². The average Bonchev–Trinajstić information content (AvgIpc) is 3.27. The summed E-state index contributed by atoms with van der Waals surface area (Å²) in [5.41, 5.74) is 4.50. The van der Waals surface area contributed by atoms with Crippen LogP contribution in [-0.2, 0) is 4.79 Å². The molecule has 1 amide bonds. The van der Waals surface area contributed by atoms with Gasteiger partial charge in [0.05, 0.1) is 5.57 Å². The van der Waals surface area contributed by atoms with Gasteiger partial charge in [0.1, 0.15) is 5.04 Å². The molecule has 1 N–H and O–H groups in total. The van der Waals surface area contributed by atoms with Gasteiger partial charge in [-0.05, 0) is 73.0 Å². The van der Waals surface area contributed by atoms with E-state index in [0.29, 0.717) is 11.1 Å². The highest BCUT2D eigenvalue weighted by Crippen LogP contribution is 2.30. The van der Waals surface area contributed by atoms with Gasteiger partial charge in [-0.15, -0.1) is 0 Å². The number of amides is 1. The van der Waals surface area contributed by atoms with E-state index in [1.54, 1.807) is 6.08 Å². The molecule has 0 bridgehead atoms. The topological polar surface area (TPSA) is 73.8 Å². The van der Waals surface area contributed by atoms with Crippen molar-refractivity contribution in [1.82, 2.24) is 9.58 Å². The molecule has 0 unspecified atom stereocenters. The highest BCUT2D eigenvalue weighted by Gasteiger charge is 2.35. The molecule has 3 heterocycles.